The lowest BCUT2D eigenvalue weighted by atomic mass is 9.92. The van der Waals surface area contributed by atoms with Gasteiger partial charge in [-0.2, -0.15) is 228 Å². The van der Waals surface area contributed by atoms with Crippen LogP contribution < -0.4 is 28.4 Å². The molecule has 120 heavy (non-hydrogen) atoms. The number of benzene rings is 3. The van der Waals surface area contributed by atoms with Crippen LogP contribution >= 0.6 is 0 Å². The van der Waals surface area contributed by atoms with Crippen LogP contribution in [0.2, 0.25) is 0 Å². The number of unbranched alkanes of at least 4 members (excludes halogenated alkanes) is 4. The first-order chi connectivity index (χ1) is 53.1. The lowest BCUT2D eigenvalue weighted by molar-refractivity contribution is -0.440. The van der Waals surface area contributed by atoms with Gasteiger partial charge < -0.3 is 33.5 Å². The summed E-state index contributed by atoms with van der Waals surface area (Å²) in [6.45, 7) is -8.06. The molecule has 3 aromatic rings. The molecule has 0 heterocycles. The van der Waals surface area contributed by atoms with Crippen molar-refractivity contribution in [1.29, 1.82) is 0 Å². The van der Waals surface area contributed by atoms with Crippen molar-refractivity contribution < 1.29 is 262 Å². The summed E-state index contributed by atoms with van der Waals surface area (Å²) < 4.78 is 742. The smallest absolute Gasteiger partial charge is 0.460 e. The molecule has 0 atom stereocenters. The Morgan fingerprint density at radius 3 is 0.483 bits per heavy atom. The summed E-state index contributed by atoms with van der Waals surface area (Å²) in [7, 11) is 0. The second kappa shape index (κ2) is 35.1. The minimum atomic E-state index is -8.31. The van der Waals surface area contributed by atoms with Gasteiger partial charge >= 0.3 is 143 Å². The Morgan fingerprint density at radius 1 is 0.175 bits per heavy atom. The quantitative estimate of drug-likeness (QED) is 0.0446. The third kappa shape index (κ3) is 20.2. The van der Waals surface area contributed by atoms with Crippen molar-refractivity contribution in [2.75, 3.05) is 26.4 Å². The molecule has 0 aromatic heterocycles. The van der Waals surface area contributed by atoms with Gasteiger partial charge in [-0.1, -0.05) is 0 Å². The molecule has 0 amide bonds. The summed E-state index contributed by atoms with van der Waals surface area (Å²) >= 11 is 0. The first-order valence-electron chi connectivity index (χ1n) is 31.8. The van der Waals surface area contributed by atoms with E-state index in [4.69, 9.17) is 28.4 Å². The summed E-state index contributed by atoms with van der Waals surface area (Å²) in [5, 5.41) is 10.0. The highest BCUT2D eigenvalue weighted by molar-refractivity contribution is 5.42. The molecule has 0 saturated heterocycles. The van der Waals surface area contributed by atoms with Crippen LogP contribution in [0.1, 0.15) is 93.7 Å². The van der Waals surface area contributed by atoms with Crippen LogP contribution in [0.4, 0.5) is 228 Å². The maximum atomic E-state index is 14.5. The molecule has 0 bridgehead atoms. The number of ether oxygens (including phenoxy) is 6. The molecular formula is C61H48F52O7. The van der Waals surface area contributed by atoms with E-state index in [1.165, 1.54) is 0 Å². The standard InChI is InChI=1S/C61H48F52O7/c62-38(63,42(70,71)46(78,79)50(86,87)54(94,95)58(102,103)104)9-1-5-13-115-32-19-30(20-33(23-32)116-14-6-2-10-39(64,65)43(72,73)47(80,81)51(88,89)55(96,97)59(105,106)107)27-119-36-17-29(26-114)18-37(25-36)120-28-31-21-34(117-15-7-3-11-40(66,67)44(74,75)48(82,83)52(90,91)56(98,99)60(108,109)110)24-35(22-31)118-16-8-4-12-41(68,69)45(76,77)49(84,85)53(92,93)57(100,101)61(111,112)113/h17-25,114H,1-16,26-28H2. The fourth-order valence-corrected chi connectivity index (χ4v) is 9.38. The molecule has 0 radical (unpaired) electrons. The third-order valence-electron chi connectivity index (χ3n) is 16.4. The first-order valence-corrected chi connectivity index (χ1v) is 31.8. The van der Waals surface area contributed by atoms with Crippen LogP contribution in [-0.4, -0.2) is 175 Å². The number of alkyl halides is 52. The van der Waals surface area contributed by atoms with Gasteiger partial charge in [-0.15, -0.1) is 0 Å². The van der Waals surface area contributed by atoms with E-state index in [1.54, 1.807) is 0 Å². The van der Waals surface area contributed by atoms with Crippen molar-refractivity contribution in [3.63, 3.8) is 0 Å². The zero-order chi connectivity index (χ0) is 94.2. The zero-order valence-electron chi connectivity index (χ0n) is 57.7. The van der Waals surface area contributed by atoms with E-state index >= 15 is 0 Å². The van der Waals surface area contributed by atoms with Crippen LogP contribution in [0, 0.1) is 0 Å². The van der Waals surface area contributed by atoms with Crippen molar-refractivity contribution in [1.82, 2.24) is 0 Å². The van der Waals surface area contributed by atoms with E-state index in [0.717, 1.165) is 42.5 Å². The number of hydrogen-bond acceptors (Lipinski definition) is 7. The van der Waals surface area contributed by atoms with Gasteiger partial charge in [-0.25, -0.2) is 0 Å². The molecule has 0 aliphatic heterocycles. The molecule has 3 rings (SSSR count). The highest BCUT2D eigenvalue weighted by atomic mass is 19.5. The summed E-state index contributed by atoms with van der Waals surface area (Å²) in [5.74, 6) is -160. The second-order valence-corrected chi connectivity index (χ2v) is 25.4. The second-order valence-electron chi connectivity index (χ2n) is 25.4. The van der Waals surface area contributed by atoms with E-state index in [9.17, 15) is 233 Å². The third-order valence-corrected chi connectivity index (χ3v) is 16.4. The summed E-state index contributed by atoms with van der Waals surface area (Å²) in [6, 6.07) is 6.52. The van der Waals surface area contributed by atoms with Gasteiger partial charge in [0.1, 0.15) is 47.7 Å². The van der Waals surface area contributed by atoms with Gasteiger partial charge in [0.15, 0.2) is 0 Å². The highest BCUT2D eigenvalue weighted by Crippen LogP contribution is 2.66. The van der Waals surface area contributed by atoms with E-state index in [0.29, 0.717) is 12.1 Å². The Morgan fingerprint density at radius 2 is 0.325 bits per heavy atom. The molecule has 0 aliphatic rings. The first kappa shape index (κ1) is 107. The van der Waals surface area contributed by atoms with Gasteiger partial charge in [0, 0.05) is 43.9 Å². The Bertz CT molecular complexity index is 3390. The average molecular weight is 1880 g/mol. The zero-order valence-corrected chi connectivity index (χ0v) is 57.7. The molecule has 0 fully saturated rings. The molecule has 3 aromatic carbocycles. The minimum absolute atomic E-state index is 0.329. The van der Waals surface area contributed by atoms with Gasteiger partial charge in [0.05, 0.1) is 33.0 Å². The number of aliphatic hydroxyl groups is 1. The van der Waals surface area contributed by atoms with Crippen molar-refractivity contribution in [2.45, 2.75) is 240 Å². The Hall–Kier alpha value is -7.22. The van der Waals surface area contributed by atoms with Gasteiger partial charge in [-0.3, -0.25) is 0 Å². The Kier molecular flexibility index (Phi) is 31.3. The van der Waals surface area contributed by atoms with Crippen LogP contribution in [0.5, 0.6) is 34.5 Å². The van der Waals surface area contributed by atoms with Gasteiger partial charge in [0.2, 0.25) is 0 Å². The van der Waals surface area contributed by atoms with Crippen LogP contribution in [0.25, 0.3) is 0 Å². The Labute approximate surface area is 633 Å². The van der Waals surface area contributed by atoms with Crippen LogP contribution in [0.3, 0.4) is 0 Å². The van der Waals surface area contributed by atoms with Crippen molar-refractivity contribution in [3.8, 4) is 34.5 Å². The van der Waals surface area contributed by atoms with Crippen LogP contribution in [-0.2, 0) is 19.8 Å². The highest BCUT2D eigenvalue weighted by Gasteiger charge is 2.95. The lowest BCUT2D eigenvalue weighted by Crippen LogP contribution is -2.70. The molecule has 698 valence electrons. The summed E-state index contributed by atoms with van der Waals surface area (Å²) in [4.78, 5) is 0. The van der Waals surface area contributed by atoms with E-state index < -0.39 is 312 Å². The Balaban J connectivity index is 2.04. The largest absolute Gasteiger partial charge is 0.493 e. The molecule has 0 spiro atoms. The summed E-state index contributed by atoms with van der Waals surface area (Å²) in [6.07, 6.45) is -53.8. The van der Waals surface area contributed by atoms with Gasteiger partial charge in [0.25, 0.3) is 0 Å². The van der Waals surface area contributed by atoms with Crippen molar-refractivity contribution in [2.24, 2.45) is 0 Å². The molecule has 0 saturated carbocycles. The molecule has 7 nitrogen and oxygen atoms in total. The normalized spacial score (nSPS) is 15.2. The van der Waals surface area contributed by atoms with Crippen molar-refractivity contribution in [3.05, 3.63) is 71.3 Å². The fraction of sp³-hybridized carbons (Fsp3) is 0.705. The van der Waals surface area contributed by atoms with E-state index in [2.05, 4.69) is 0 Å². The molecular weight excluding hydrogens is 1830 g/mol. The topological polar surface area (TPSA) is 75.6 Å². The molecule has 59 heteroatoms. The predicted molar refractivity (Wildman–Crippen MR) is 294 cm³/mol. The fourth-order valence-electron chi connectivity index (χ4n) is 9.38. The molecule has 0 unspecified atom stereocenters. The average Bonchev–Trinajstić information content (AvgIpc) is 0.727. The SMILES string of the molecule is OCc1cc(OCc2cc(OCCCCC(F)(F)C(F)(F)C(F)(F)C(F)(F)C(F)(F)C(F)(F)F)cc(OCCCCC(F)(F)C(F)(F)C(F)(F)C(F)(F)C(F)(F)C(F)(F)F)c2)cc(OCc2cc(OCCCCC(F)(F)C(F)(F)C(F)(F)C(F)(F)C(F)(F)C(F)(F)F)cc(OCCCCC(F)(F)C(F)(F)C(F)(F)C(F)(F)C(F)(F)C(F)(F)F)c2)c1. The molecule has 1 N–H and O–H groups in total. The maximum Gasteiger partial charge on any atom is 0.460 e. The molecule has 0 aliphatic carbocycles. The van der Waals surface area contributed by atoms with Crippen LogP contribution in [0.15, 0.2) is 54.6 Å². The maximum absolute atomic E-state index is 14.5. The monoisotopic (exact) mass is 1880 g/mol. The van der Waals surface area contributed by atoms with E-state index in [1.807, 2.05) is 0 Å². The van der Waals surface area contributed by atoms with E-state index in [-0.39, 0.29) is 5.56 Å². The number of aliphatic hydroxyl groups excluding tert-OH is 1. The lowest BCUT2D eigenvalue weighted by Gasteiger charge is -2.39. The number of hydrogen-bond donors (Lipinski definition) is 1. The van der Waals surface area contributed by atoms with Crippen molar-refractivity contribution >= 4 is 0 Å². The van der Waals surface area contributed by atoms with Gasteiger partial charge in [-0.05, 0) is 104 Å². The predicted octanol–water partition coefficient (Wildman–Crippen LogP) is 25.5. The number of halogens is 52. The number of rotatable bonds is 47. The summed E-state index contributed by atoms with van der Waals surface area (Å²) in [5.41, 5.74) is -1.26. The minimum Gasteiger partial charge on any atom is -0.493 e.